The highest BCUT2D eigenvalue weighted by Gasteiger charge is 2.16. The molecule has 0 aliphatic rings. The molecule has 6 heteroatoms. The first-order chi connectivity index (χ1) is 11.0. The number of halogens is 1. The monoisotopic (exact) mass is 396 g/mol. The lowest BCUT2D eigenvalue weighted by Crippen LogP contribution is -2.42. The number of carbonyl (C=O) groups is 1. The summed E-state index contributed by atoms with van der Waals surface area (Å²) < 4.78 is 6.43. The van der Waals surface area contributed by atoms with Crippen LogP contribution in [0.25, 0.3) is 0 Å². The first-order valence-corrected chi connectivity index (χ1v) is 8.48. The second-order valence-electron chi connectivity index (χ2n) is 4.73. The quantitative estimate of drug-likeness (QED) is 0.533. The van der Waals surface area contributed by atoms with E-state index in [1.807, 2.05) is 13.0 Å². The van der Waals surface area contributed by atoms with Gasteiger partial charge in [-0.2, -0.15) is 0 Å². The average Bonchev–Trinajstić information content (AvgIpc) is 2.53. The smallest absolute Gasteiger partial charge is 0.261 e. The zero-order chi connectivity index (χ0) is 17.2. The number of carbonyl (C=O) groups excluding carboxylic acids is 1. The number of benzene rings is 1. The molecular weight excluding hydrogens is 376 g/mol. The van der Waals surface area contributed by atoms with Crippen molar-refractivity contribution in [3.8, 4) is 5.75 Å². The highest BCUT2D eigenvalue weighted by molar-refractivity contribution is 9.10. The van der Waals surface area contributed by atoms with E-state index in [-0.39, 0.29) is 5.91 Å². The van der Waals surface area contributed by atoms with Crippen LogP contribution in [0.1, 0.15) is 23.7 Å². The Morgan fingerprint density at radius 3 is 2.61 bits per heavy atom. The molecule has 0 fully saturated rings. The molecule has 4 nitrogen and oxygen atoms in total. The molecular formula is C17H21BrN2O2S. The number of hydrogen-bond donors (Lipinski definition) is 1. The number of ether oxygens (including phenoxy) is 1. The number of thiocarbonyl (C=S) groups is 1. The summed E-state index contributed by atoms with van der Waals surface area (Å²) in [5.41, 5.74) is 0.437. The Kier molecular flexibility index (Phi) is 8.58. The fourth-order valence-electron chi connectivity index (χ4n) is 1.81. The molecule has 0 aliphatic carbocycles. The number of amides is 1. The standard InChI is InChI=1S/C17H21BrN2O2S/c1-4-9-20(10-5-2)17(23)19-16(21)14-12-13(18)7-8-15(14)22-11-6-3/h4-5,7-8,12H,1-2,6,9-11H2,3H3,(H,19,21,23). The lowest BCUT2D eigenvalue weighted by molar-refractivity contribution is 0.0969. The molecule has 0 radical (unpaired) electrons. The zero-order valence-corrected chi connectivity index (χ0v) is 15.6. The molecule has 0 aliphatic heterocycles. The lowest BCUT2D eigenvalue weighted by Gasteiger charge is -2.22. The third-order valence-electron chi connectivity index (χ3n) is 2.85. The molecule has 1 rings (SSSR count). The van der Waals surface area contributed by atoms with E-state index in [1.54, 1.807) is 29.2 Å². The van der Waals surface area contributed by atoms with Crippen molar-refractivity contribution < 1.29 is 9.53 Å². The van der Waals surface area contributed by atoms with Crippen LogP contribution in [0.5, 0.6) is 5.75 Å². The SMILES string of the molecule is C=CCN(CC=C)C(=S)NC(=O)c1cc(Br)ccc1OCCC. The Bertz CT molecular complexity index is 580. The summed E-state index contributed by atoms with van der Waals surface area (Å²) in [6.45, 7) is 11.0. The van der Waals surface area contributed by atoms with E-state index < -0.39 is 0 Å². The second kappa shape index (κ2) is 10.2. The first kappa shape index (κ1) is 19.4. The van der Waals surface area contributed by atoms with Crippen LogP contribution >= 0.6 is 28.1 Å². The number of nitrogens with zero attached hydrogens (tertiary/aromatic N) is 1. The third-order valence-corrected chi connectivity index (χ3v) is 3.71. The Labute approximate surface area is 151 Å². The van der Waals surface area contributed by atoms with Crippen molar-refractivity contribution in [2.45, 2.75) is 13.3 Å². The largest absolute Gasteiger partial charge is 0.493 e. The van der Waals surface area contributed by atoms with E-state index in [0.29, 0.717) is 36.1 Å². The van der Waals surface area contributed by atoms with Crippen LogP contribution in [0, 0.1) is 0 Å². The van der Waals surface area contributed by atoms with Gasteiger partial charge in [0.2, 0.25) is 0 Å². The molecule has 23 heavy (non-hydrogen) atoms. The average molecular weight is 397 g/mol. The summed E-state index contributed by atoms with van der Waals surface area (Å²) in [5, 5.41) is 3.06. The Morgan fingerprint density at radius 1 is 1.39 bits per heavy atom. The number of rotatable bonds is 8. The predicted octanol–water partition coefficient (Wildman–Crippen LogP) is 3.93. The molecule has 1 N–H and O–H groups in total. The van der Waals surface area contributed by atoms with Gasteiger partial charge >= 0.3 is 0 Å². The third kappa shape index (κ3) is 6.15. The van der Waals surface area contributed by atoms with Crippen molar-refractivity contribution in [3.05, 3.63) is 53.5 Å². The van der Waals surface area contributed by atoms with Gasteiger partial charge in [-0.05, 0) is 36.8 Å². The van der Waals surface area contributed by atoms with Gasteiger partial charge in [0.25, 0.3) is 5.91 Å². The van der Waals surface area contributed by atoms with Gasteiger partial charge in [-0.15, -0.1) is 13.2 Å². The van der Waals surface area contributed by atoms with E-state index in [1.165, 1.54) is 0 Å². The van der Waals surface area contributed by atoms with E-state index in [9.17, 15) is 4.79 Å². The van der Waals surface area contributed by atoms with Crippen LogP contribution in [0.3, 0.4) is 0 Å². The zero-order valence-electron chi connectivity index (χ0n) is 13.2. The topological polar surface area (TPSA) is 41.6 Å². The van der Waals surface area contributed by atoms with Crippen LogP contribution in [0.2, 0.25) is 0 Å². The fourth-order valence-corrected chi connectivity index (χ4v) is 2.42. The van der Waals surface area contributed by atoms with Crippen LogP contribution < -0.4 is 10.1 Å². The van der Waals surface area contributed by atoms with E-state index in [4.69, 9.17) is 17.0 Å². The predicted molar refractivity (Wildman–Crippen MR) is 102 cm³/mol. The van der Waals surface area contributed by atoms with Gasteiger partial charge in [0, 0.05) is 17.6 Å². The molecule has 0 atom stereocenters. The van der Waals surface area contributed by atoms with Crippen molar-refractivity contribution in [2.24, 2.45) is 0 Å². The van der Waals surface area contributed by atoms with Crippen molar-refractivity contribution >= 4 is 39.2 Å². The molecule has 0 unspecified atom stereocenters. The van der Waals surface area contributed by atoms with Crippen LogP contribution in [0.4, 0.5) is 0 Å². The van der Waals surface area contributed by atoms with Crippen LogP contribution in [-0.4, -0.2) is 35.6 Å². The molecule has 0 bridgehead atoms. The molecule has 0 saturated heterocycles. The molecule has 1 aromatic rings. The van der Waals surface area contributed by atoms with Gasteiger partial charge < -0.3 is 9.64 Å². The minimum atomic E-state index is -0.305. The first-order valence-electron chi connectivity index (χ1n) is 7.27. The van der Waals surface area contributed by atoms with Crippen molar-refractivity contribution in [1.29, 1.82) is 0 Å². The fraction of sp³-hybridized carbons (Fsp3) is 0.294. The summed E-state index contributed by atoms with van der Waals surface area (Å²) >= 11 is 8.66. The molecule has 0 spiro atoms. The van der Waals surface area contributed by atoms with Gasteiger partial charge in [0.05, 0.1) is 12.2 Å². The van der Waals surface area contributed by atoms with Crippen molar-refractivity contribution in [1.82, 2.24) is 10.2 Å². The van der Waals surface area contributed by atoms with Gasteiger partial charge in [-0.1, -0.05) is 35.0 Å². The Balaban J connectivity index is 2.91. The van der Waals surface area contributed by atoms with Gasteiger partial charge in [-0.25, -0.2) is 0 Å². The minimum absolute atomic E-state index is 0.305. The number of hydrogen-bond acceptors (Lipinski definition) is 3. The van der Waals surface area contributed by atoms with Crippen molar-refractivity contribution in [3.63, 3.8) is 0 Å². The van der Waals surface area contributed by atoms with Crippen LogP contribution in [-0.2, 0) is 0 Å². The maximum Gasteiger partial charge on any atom is 0.261 e. The van der Waals surface area contributed by atoms with Gasteiger partial charge in [0.15, 0.2) is 5.11 Å². The van der Waals surface area contributed by atoms with Crippen LogP contribution in [0.15, 0.2) is 48.0 Å². The van der Waals surface area contributed by atoms with E-state index in [0.717, 1.165) is 10.9 Å². The maximum atomic E-state index is 12.5. The van der Waals surface area contributed by atoms with Crippen molar-refractivity contribution in [2.75, 3.05) is 19.7 Å². The minimum Gasteiger partial charge on any atom is -0.493 e. The summed E-state index contributed by atoms with van der Waals surface area (Å²) in [7, 11) is 0. The molecule has 1 amide bonds. The van der Waals surface area contributed by atoms with E-state index >= 15 is 0 Å². The maximum absolute atomic E-state index is 12.5. The molecule has 0 heterocycles. The number of nitrogens with one attached hydrogen (secondary N) is 1. The summed E-state index contributed by atoms with van der Waals surface area (Å²) in [6, 6.07) is 5.32. The lowest BCUT2D eigenvalue weighted by atomic mass is 10.2. The molecule has 124 valence electrons. The summed E-state index contributed by atoms with van der Waals surface area (Å²) in [6.07, 6.45) is 4.30. The van der Waals surface area contributed by atoms with Gasteiger partial charge in [0.1, 0.15) is 5.75 Å². The second-order valence-corrected chi connectivity index (χ2v) is 6.03. The van der Waals surface area contributed by atoms with Gasteiger partial charge in [-0.3, -0.25) is 10.1 Å². The summed E-state index contributed by atoms with van der Waals surface area (Å²) in [4.78, 5) is 14.3. The highest BCUT2D eigenvalue weighted by Crippen LogP contribution is 2.23. The van der Waals surface area contributed by atoms with E-state index in [2.05, 4.69) is 34.4 Å². The molecule has 0 aromatic heterocycles. The molecule has 1 aromatic carbocycles. The molecule has 0 saturated carbocycles. The highest BCUT2D eigenvalue weighted by atomic mass is 79.9. The Morgan fingerprint density at radius 2 is 2.04 bits per heavy atom. The summed E-state index contributed by atoms with van der Waals surface area (Å²) in [5.74, 6) is 0.231. The Hall–Kier alpha value is -1.66. The normalized spacial score (nSPS) is 9.83.